The number of para-hydroxylation sites is 1. The Hall–Kier alpha value is -4.24. The molecular weight excluding hydrogens is 482 g/mol. The molecule has 38 heavy (non-hydrogen) atoms. The number of amides is 1. The number of ether oxygens (including phenoxy) is 1. The van der Waals surface area contributed by atoms with Crippen LogP contribution in [0.15, 0.2) is 67.1 Å². The molecule has 196 valence electrons. The molecule has 5 rings (SSSR count). The van der Waals surface area contributed by atoms with Crippen molar-refractivity contribution in [2.45, 2.75) is 57.2 Å². The summed E-state index contributed by atoms with van der Waals surface area (Å²) >= 11 is 0. The van der Waals surface area contributed by atoms with Crippen molar-refractivity contribution < 1.29 is 19.4 Å². The van der Waals surface area contributed by atoms with Crippen LogP contribution in [0, 0.1) is 0 Å². The molecular formula is C29H31N5O4. The predicted octanol–water partition coefficient (Wildman–Crippen LogP) is 4.59. The molecule has 4 aromatic rings. The predicted molar refractivity (Wildman–Crippen MR) is 144 cm³/mol. The lowest BCUT2D eigenvalue weighted by atomic mass is 9.90. The van der Waals surface area contributed by atoms with E-state index in [0.29, 0.717) is 33.7 Å². The van der Waals surface area contributed by atoms with Gasteiger partial charge in [-0.2, -0.15) is 0 Å². The van der Waals surface area contributed by atoms with E-state index >= 15 is 0 Å². The summed E-state index contributed by atoms with van der Waals surface area (Å²) < 4.78 is 5.84. The second-order valence-electron chi connectivity index (χ2n) is 10.1. The molecule has 9 nitrogen and oxygen atoms in total. The van der Waals surface area contributed by atoms with Crippen LogP contribution in [-0.2, 0) is 4.79 Å². The highest BCUT2D eigenvalue weighted by Gasteiger charge is 2.29. The fraction of sp³-hybridized carbons (Fsp3) is 0.310. The van der Waals surface area contributed by atoms with E-state index in [1.807, 2.05) is 30.3 Å². The fourth-order valence-electron chi connectivity index (χ4n) is 4.64. The van der Waals surface area contributed by atoms with Crippen molar-refractivity contribution in [2.75, 3.05) is 5.32 Å². The number of fused-ring (bicyclic) bond motifs is 1. The van der Waals surface area contributed by atoms with Gasteiger partial charge >= 0.3 is 0 Å². The highest BCUT2D eigenvalue weighted by molar-refractivity contribution is 6.18. The van der Waals surface area contributed by atoms with E-state index in [9.17, 15) is 14.7 Å². The Labute approximate surface area is 220 Å². The number of rotatable bonds is 8. The first-order valence-electron chi connectivity index (χ1n) is 12.8. The van der Waals surface area contributed by atoms with Gasteiger partial charge in [-0.15, -0.1) is 0 Å². The van der Waals surface area contributed by atoms with Crippen molar-refractivity contribution in [1.82, 2.24) is 20.3 Å². The van der Waals surface area contributed by atoms with E-state index in [1.165, 1.54) is 20.2 Å². The standard InChI is InChI=1S/C29H31N5O4/c1-29(2,37)28(36)34-20-12-10-19(11-13-20)33-27-24-23(16-30-26(24)31-17-32-27)25(35)18-8-14-22(15-9-18)38-21-6-4-3-5-7-21/h3-9,14-17,19-20,37H,10-13H2,1-2H3,(H,34,36)(H2,30,31,32,33). The molecule has 1 aliphatic rings. The van der Waals surface area contributed by atoms with Gasteiger partial charge in [0.05, 0.1) is 10.9 Å². The molecule has 4 N–H and O–H groups in total. The van der Waals surface area contributed by atoms with Gasteiger partial charge < -0.3 is 25.5 Å². The topological polar surface area (TPSA) is 129 Å². The Morgan fingerprint density at radius 1 is 0.947 bits per heavy atom. The zero-order valence-electron chi connectivity index (χ0n) is 21.4. The highest BCUT2D eigenvalue weighted by atomic mass is 16.5. The summed E-state index contributed by atoms with van der Waals surface area (Å²) in [7, 11) is 0. The van der Waals surface area contributed by atoms with Crippen molar-refractivity contribution in [3.8, 4) is 11.5 Å². The van der Waals surface area contributed by atoms with Gasteiger partial charge in [0.25, 0.3) is 5.91 Å². The molecule has 0 bridgehead atoms. The van der Waals surface area contributed by atoms with E-state index in [-0.39, 0.29) is 23.8 Å². The average Bonchev–Trinajstić information content (AvgIpc) is 3.35. The first kappa shape index (κ1) is 25.4. The Bertz CT molecular complexity index is 1420. The number of nitrogens with zero attached hydrogens (tertiary/aromatic N) is 2. The molecule has 2 aromatic heterocycles. The second kappa shape index (κ2) is 10.6. The number of benzene rings is 2. The first-order valence-corrected chi connectivity index (χ1v) is 12.8. The van der Waals surface area contributed by atoms with E-state index in [2.05, 4.69) is 25.6 Å². The third kappa shape index (κ3) is 5.68. The van der Waals surface area contributed by atoms with Crippen LogP contribution >= 0.6 is 0 Å². The molecule has 1 aliphatic carbocycles. The highest BCUT2D eigenvalue weighted by Crippen LogP contribution is 2.30. The molecule has 0 unspecified atom stereocenters. The Morgan fingerprint density at radius 3 is 2.29 bits per heavy atom. The lowest BCUT2D eigenvalue weighted by molar-refractivity contribution is -0.137. The van der Waals surface area contributed by atoms with Gasteiger partial charge in [0.15, 0.2) is 5.78 Å². The summed E-state index contributed by atoms with van der Waals surface area (Å²) in [4.78, 5) is 37.4. The molecule has 1 amide bonds. The number of hydrogen-bond donors (Lipinski definition) is 4. The summed E-state index contributed by atoms with van der Waals surface area (Å²) in [6, 6.07) is 16.7. The van der Waals surface area contributed by atoms with Crippen LogP contribution in [-0.4, -0.2) is 49.4 Å². The molecule has 2 heterocycles. The van der Waals surface area contributed by atoms with E-state index in [1.54, 1.807) is 30.5 Å². The van der Waals surface area contributed by atoms with Crippen LogP contribution < -0.4 is 15.4 Å². The van der Waals surface area contributed by atoms with Crippen molar-refractivity contribution in [3.63, 3.8) is 0 Å². The number of H-pyrrole nitrogens is 1. The maximum absolute atomic E-state index is 13.5. The number of carbonyl (C=O) groups is 2. The van der Waals surface area contributed by atoms with Crippen molar-refractivity contribution >= 4 is 28.5 Å². The maximum Gasteiger partial charge on any atom is 0.251 e. The second-order valence-corrected chi connectivity index (χ2v) is 10.1. The summed E-state index contributed by atoms with van der Waals surface area (Å²) in [6.45, 7) is 2.97. The van der Waals surface area contributed by atoms with E-state index in [0.717, 1.165) is 31.4 Å². The zero-order chi connectivity index (χ0) is 26.7. The number of aliphatic hydroxyl groups is 1. The van der Waals surface area contributed by atoms with Crippen LogP contribution in [0.1, 0.15) is 55.5 Å². The number of carbonyl (C=O) groups excluding carboxylic acids is 2. The first-order chi connectivity index (χ1) is 18.3. The minimum atomic E-state index is -1.39. The van der Waals surface area contributed by atoms with Gasteiger partial charge in [0.1, 0.15) is 34.9 Å². The summed E-state index contributed by atoms with van der Waals surface area (Å²) in [5, 5.41) is 17.0. The third-order valence-electron chi connectivity index (χ3n) is 6.77. The van der Waals surface area contributed by atoms with E-state index in [4.69, 9.17) is 4.74 Å². The molecule has 0 aliphatic heterocycles. The van der Waals surface area contributed by atoms with Crippen LogP contribution in [0.2, 0.25) is 0 Å². The minimum Gasteiger partial charge on any atom is -0.457 e. The lowest BCUT2D eigenvalue weighted by Crippen LogP contribution is -2.48. The molecule has 9 heteroatoms. The van der Waals surface area contributed by atoms with Crippen molar-refractivity contribution in [2.24, 2.45) is 0 Å². The summed E-state index contributed by atoms with van der Waals surface area (Å²) in [6.07, 6.45) is 6.34. The molecule has 0 spiro atoms. The average molecular weight is 514 g/mol. The van der Waals surface area contributed by atoms with E-state index < -0.39 is 5.60 Å². The summed E-state index contributed by atoms with van der Waals surface area (Å²) in [5.74, 6) is 1.48. The number of ketones is 1. The van der Waals surface area contributed by atoms with Gasteiger partial charge in [0, 0.05) is 23.8 Å². The lowest BCUT2D eigenvalue weighted by Gasteiger charge is -2.31. The van der Waals surface area contributed by atoms with Crippen molar-refractivity contribution in [3.05, 3.63) is 78.2 Å². The number of aromatic amines is 1. The number of nitrogens with one attached hydrogen (secondary N) is 3. The van der Waals surface area contributed by atoms with Gasteiger partial charge in [-0.3, -0.25) is 9.59 Å². The Kier molecular flexibility index (Phi) is 7.11. The van der Waals surface area contributed by atoms with Gasteiger partial charge in [-0.25, -0.2) is 9.97 Å². The molecule has 0 atom stereocenters. The monoisotopic (exact) mass is 513 g/mol. The smallest absolute Gasteiger partial charge is 0.251 e. The molecule has 2 aromatic carbocycles. The fourth-order valence-corrected chi connectivity index (χ4v) is 4.64. The zero-order valence-corrected chi connectivity index (χ0v) is 21.4. The number of hydrogen-bond acceptors (Lipinski definition) is 7. The summed E-state index contributed by atoms with van der Waals surface area (Å²) in [5.41, 5.74) is 0.213. The molecule has 1 saturated carbocycles. The SMILES string of the molecule is CC(C)(O)C(=O)NC1CCC(Nc2ncnc3[nH]cc(C(=O)c4ccc(Oc5ccccc5)cc4)c23)CC1. The minimum absolute atomic E-state index is 0.0237. The van der Waals surface area contributed by atoms with Crippen molar-refractivity contribution in [1.29, 1.82) is 0 Å². The molecule has 0 radical (unpaired) electrons. The largest absolute Gasteiger partial charge is 0.457 e. The Morgan fingerprint density at radius 2 is 1.61 bits per heavy atom. The van der Waals surface area contributed by atoms with Gasteiger partial charge in [-0.05, 0) is 75.9 Å². The normalized spacial score (nSPS) is 17.7. The number of aromatic nitrogens is 3. The third-order valence-corrected chi connectivity index (χ3v) is 6.77. The number of anilines is 1. The van der Waals surface area contributed by atoms with Crippen LogP contribution in [0.3, 0.4) is 0 Å². The van der Waals surface area contributed by atoms with Crippen LogP contribution in [0.5, 0.6) is 11.5 Å². The molecule has 0 saturated heterocycles. The van der Waals surface area contributed by atoms with Crippen LogP contribution in [0.4, 0.5) is 5.82 Å². The Balaban J connectivity index is 1.28. The van der Waals surface area contributed by atoms with Gasteiger partial charge in [0.2, 0.25) is 0 Å². The quantitative estimate of drug-likeness (QED) is 0.254. The molecule has 1 fully saturated rings. The van der Waals surface area contributed by atoms with Gasteiger partial charge in [-0.1, -0.05) is 18.2 Å². The van der Waals surface area contributed by atoms with Crippen LogP contribution in [0.25, 0.3) is 11.0 Å². The maximum atomic E-state index is 13.5.